The van der Waals surface area contributed by atoms with E-state index in [1.807, 2.05) is 13.8 Å². The van der Waals surface area contributed by atoms with Crippen LogP contribution in [0.1, 0.15) is 20.8 Å². The number of rotatable bonds is 0. The van der Waals surface area contributed by atoms with Crippen molar-refractivity contribution < 1.29 is 131 Å². The standard InChI is InChI=1S/C2H6.C2H5.3CH3.4Y/c2*1-2;;;;;;;/h1-2H3;1H2,2H3;3*1H3;;;;/q;4*-1;;;;+3. The molecular formula is C7H20Y4-. The van der Waals surface area contributed by atoms with E-state index in [0.717, 1.165) is 0 Å². The third-order valence-electron chi connectivity index (χ3n) is 0. The molecule has 0 spiro atoms. The van der Waals surface area contributed by atoms with Crippen molar-refractivity contribution in [2.24, 2.45) is 0 Å². The molecule has 0 nitrogen and oxygen atoms in total. The van der Waals surface area contributed by atoms with Crippen LogP contribution in [-0.2, 0) is 131 Å². The number of hydrogen-bond acceptors (Lipinski definition) is 0. The summed E-state index contributed by atoms with van der Waals surface area (Å²) in [5.74, 6) is 0. The van der Waals surface area contributed by atoms with Gasteiger partial charge in [0.2, 0.25) is 0 Å². The fourth-order valence-electron chi connectivity index (χ4n) is 0. The Morgan fingerprint density at radius 3 is 0.636 bits per heavy atom. The zero-order chi connectivity index (χ0) is 4.00. The Labute approximate surface area is 176 Å². The summed E-state index contributed by atoms with van der Waals surface area (Å²) in [4.78, 5) is 0. The molecular weight excluding hydrogens is 440 g/mol. The SMILES string of the molecule is CC.[CH2-]C.[CH3-].[CH3-].[CH3-].[Y+3].[Y].[Y].[Y]. The Balaban J connectivity index is -0.000000000635. The molecule has 0 aliphatic rings. The van der Waals surface area contributed by atoms with Crippen molar-refractivity contribution in [2.45, 2.75) is 20.8 Å². The van der Waals surface area contributed by atoms with E-state index < -0.39 is 0 Å². The molecule has 0 fully saturated rings. The van der Waals surface area contributed by atoms with Gasteiger partial charge in [-0.1, -0.05) is 13.8 Å². The first-order chi connectivity index (χ1) is 2.00. The molecule has 0 aromatic rings. The Morgan fingerprint density at radius 2 is 0.636 bits per heavy atom. The van der Waals surface area contributed by atoms with Gasteiger partial charge in [0, 0.05) is 98.1 Å². The minimum atomic E-state index is 0. The van der Waals surface area contributed by atoms with Crippen LogP contribution in [0.3, 0.4) is 0 Å². The molecule has 3 radical (unpaired) electrons. The largest absolute Gasteiger partial charge is 3.00 e. The maximum atomic E-state index is 3.25. The molecule has 0 unspecified atom stereocenters. The first kappa shape index (κ1) is 77.8. The molecule has 0 rings (SSSR count). The smallest absolute Gasteiger partial charge is 0.358 e. The summed E-state index contributed by atoms with van der Waals surface area (Å²) in [6.45, 7) is 9.00. The maximum absolute atomic E-state index is 3.25. The summed E-state index contributed by atoms with van der Waals surface area (Å²) < 4.78 is 0. The molecule has 0 aromatic carbocycles. The van der Waals surface area contributed by atoms with Crippen molar-refractivity contribution >= 4 is 0 Å². The van der Waals surface area contributed by atoms with Gasteiger partial charge in [0.15, 0.2) is 0 Å². The Kier molecular flexibility index (Phi) is 942. The van der Waals surface area contributed by atoms with Crippen LogP contribution in [0, 0.1) is 29.2 Å². The van der Waals surface area contributed by atoms with Gasteiger partial charge in [-0.05, 0) is 0 Å². The molecule has 0 aliphatic heterocycles. The van der Waals surface area contributed by atoms with E-state index in [0.29, 0.717) is 0 Å². The van der Waals surface area contributed by atoms with Gasteiger partial charge in [0.25, 0.3) is 0 Å². The quantitative estimate of drug-likeness (QED) is 0.488. The molecule has 0 amide bonds. The van der Waals surface area contributed by atoms with Gasteiger partial charge in [0.05, 0.1) is 0 Å². The van der Waals surface area contributed by atoms with Crippen LogP contribution in [0.4, 0.5) is 0 Å². The second kappa shape index (κ2) is 133. The molecule has 0 atom stereocenters. The second-order valence-electron chi connectivity index (χ2n) is 0. The molecule has 0 N–H and O–H groups in total. The predicted octanol–water partition coefficient (Wildman–Crippen LogP) is 3.21. The maximum Gasteiger partial charge on any atom is 3.00 e. The summed E-state index contributed by atoms with van der Waals surface area (Å²) in [5.41, 5.74) is 0. The summed E-state index contributed by atoms with van der Waals surface area (Å²) in [7, 11) is 0. The number of hydrogen-bond donors (Lipinski definition) is 0. The van der Waals surface area contributed by atoms with Gasteiger partial charge in [-0.25, -0.2) is 0 Å². The van der Waals surface area contributed by atoms with E-state index in [-0.39, 0.29) is 153 Å². The van der Waals surface area contributed by atoms with Crippen LogP contribution in [0.5, 0.6) is 0 Å². The van der Waals surface area contributed by atoms with Crippen LogP contribution in [0.15, 0.2) is 0 Å². The van der Waals surface area contributed by atoms with Crippen molar-refractivity contribution in [3.8, 4) is 0 Å². The molecule has 61 valence electrons. The van der Waals surface area contributed by atoms with Crippen molar-refractivity contribution in [1.29, 1.82) is 0 Å². The van der Waals surface area contributed by atoms with Gasteiger partial charge < -0.3 is 29.2 Å². The predicted molar refractivity (Wildman–Crippen MR) is 41.6 cm³/mol. The summed E-state index contributed by atoms with van der Waals surface area (Å²) in [5, 5.41) is 0. The summed E-state index contributed by atoms with van der Waals surface area (Å²) in [6.07, 6.45) is 0. The van der Waals surface area contributed by atoms with Crippen molar-refractivity contribution in [2.75, 3.05) is 0 Å². The summed E-state index contributed by atoms with van der Waals surface area (Å²) in [6, 6.07) is 0. The zero-order valence-corrected chi connectivity index (χ0v) is 20.4. The van der Waals surface area contributed by atoms with E-state index in [9.17, 15) is 0 Å². The fraction of sp³-hybridized carbons (Fsp3) is 0.429. The van der Waals surface area contributed by atoms with Crippen molar-refractivity contribution in [3.05, 3.63) is 29.2 Å². The molecule has 0 aromatic heterocycles. The summed E-state index contributed by atoms with van der Waals surface area (Å²) >= 11 is 0. The van der Waals surface area contributed by atoms with Crippen molar-refractivity contribution in [3.63, 3.8) is 0 Å². The molecule has 4 heteroatoms. The molecule has 0 saturated carbocycles. The zero-order valence-electron chi connectivity index (χ0n) is 9.02. The van der Waals surface area contributed by atoms with E-state index in [4.69, 9.17) is 0 Å². The van der Waals surface area contributed by atoms with Gasteiger partial charge in [-0.15, -0.1) is 0 Å². The van der Waals surface area contributed by atoms with E-state index >= 15 is 0 Å². The van der Waals surface area contributed by atoms with Gasteiger partial charge >= 0.3 is 32.7 Å². The van der Waals surface area contributed by atoms with Gasteiger partial charge in [-0.2, -0.15) is 6.92 Å². The molecule has 0 heterocycles. The first-order valence-electron chi connectivity index (χ1n) is 1.71. The first-order valence-corrected chi connectivity index (χ1v) is 1.71. The third kappa shape index (κ3) is 114. The van der Waals surface area contributed by atoms with Gasteiger partial charge in [-0.3, -0.25) is 0 Å². The minimum Gasteiger partial charge on any atom is -0.358 e. The van der Waals surface area contributed by atoms with Crippen LogP contribution >= 0.6 is 0 Å². The van der Waals surface area contributed by atoms with Crippen LogP contribution < -0.4 is 0 Å². The average molecular weight is 460 g/mol. The monoisotopic (exact) mass is 460 g/mol. The third-order valence-corrected chi connectivity index (χ3v) is 0. The Morgan fingerprint density at radius 1 is 0.636 bits per heavy atom. The van der Waals surface area contributed by atoms with Crippen LogP contribution in [0.2, 0.25) is 0 Å². The molecule has 11 heavy (non-hydrogen) atoms. The molecule has 0 aliphatic carbocycles. The second-order valence-corrected chi connectivity index (χ2v) is 0. The molecule has 0 saturated heterocycles. The van der Waals surface area contributed by atoms with Gasteiger partial charge in [0.1, 0.15) is 0 Å². The van der Waals surface area contributed by atoms with E-state index in [2.05, 4.69) is 6.92 Å². The normalized spacial score (nSPS) is 1.09. The Bertz CT molecular complexity index is 10.4. The van der Waals surface area contributed by atoms with Crippen molar-refractivity contribution in [1.82, 2.24) is 0 Å². The minimum absolute atomic E-state index is 0. The van der Waals surface area contributed by atoms with Crippen LogP contribution in [0.25, 0.3) is 0 Å². The van der Waals surface area contributed by atoms with Crippen LogP contribution in [-0.4, -0.2) is 0 Å². The van der Waals surface area contributed by atoms with E-state index in [1.54, 1.807) is 6.92 Å². The average Bonchev–Trinajstić information content (AvgIpc) is 1.50. The Hall–Kier alpha value is 4.42. The molecule has 0 bridgehead atoms. The van der Waals surface area contributed by atoms with E-state index in [1.165, 1.54) is 0 Å². The topological polar surface area (TPSA) is 0 Å². The fourth-order valence-corrected chi connectivity index (χ4v) is 0.